The number of methoxy groups -OCH3 is 1. The van der Waals surface area contributed by atoms with Gasteiger partial charge in [0.25, 0.3) is 11.6 Å². The maximum atomic E-state index is 13.5. The van der Waals surface area contributed by atoms with Crippen molar-refractivity contribution in [1.29, 1.82) is 0 Å². The number of hydrogen-bond donors (Lipinski definition) is 2. The van der Waals surface area contributed by atoms with Crippen LogP contribution in [0.2, 0.25) is 0 Å². The number of carboxylic acids is 1. The number of epoxide rings is 1. The van der Waals surface area contributed by atoms with E-state index in [4.69, 9.17) is 9.47 Å². The van der Waals surface area contributed by atoms with Crippen molar-refractivity contribution in [2.75, 3.05) is 14.2 Å². The van der Waals surface area contributed by atoms with Crippen LogP contribution in [0.3, 0.4) is 0 Å². The number of carboxylic acid groups (broad SMARTS) is 1. The Morgan fingerprint density at radius 2 is 1.95 bits per heavy atom. The number of ether oxygens (including phenoxy) is 2. The number of amides is 2. The summed E-state index contributed by atoms with van der Waals surface area (Å²) in [4.78, 5) is 50.5. The van der Waals surface area contributed by atoms with Crippen LogP contribution in [0.25, 0.3) is 0 Å². The highest BCUT2D eigenvalue weighted by molar-refractivity contribution is 14.1. The molecule has 1 aliphatic heterocycles. The smallest absolute Gasteiger partial charge is 0.326 e. The van der Waals surface area contributed by atoms with Gasteiger partial charge in [-0.2, -0.15) is 0 Å². The first-order chi connectivity index (χ1) is 17.8. The molecule has 11 nitrogen and oxygen atoms in total. The van der Waals surface area contributed by atoms with Gasteiger partial charge in [-0.25, -0.2) is 4.79 Å². The Balaban J connectivity index is 2.17. The number of carbonyl (C=O) groups is 3. The van der Waals surface area contributed by atoms with Crippen LogP contribution in [0.1, 0.15) is 46.1 Å². The first-order valence-corrected chi connectivity index (χ1v) is 13.6. The summed E-state index contributed by atoms with van der Waals surface area (Å²) in [6.07, 6.45) is 0.385. The van der Waals surface area contributed by atoms with Gasteiger partial charge >= 0.3 is 5.97 Å². The summed E-state index contributed by atoms with van der Waals surface area (Å²) in [7, 11) is 3.12. The van der Waals surface area contributed by atoms with E-state index >= 15 is 0 Å². The molecule has 6 atom stereocenters. The molecule has 38 heavy (non-hydrogen) atoms. The second kappa shape index (κ2) is 13.5. The van der Waals surface area contributed by atoms with Crippen LogP contribution in [0.15, 0.2) is 33.9 Å². The monoisotopic (exact) mass is 645 g/mol. The van der Waals surface area contributed by atoms with Crippen molar-refractivity contribution in [3.05, 3.63) is 49.6 Å². The van der Waals surface area contributed by atoms with E-state index in [9.17, 15) is 29.6 Å². The van der Waals surface area contributed by atoms with Crippen LogP contribution in [0, 0.1) is 16.0 Å². The predicted molar refractivity (Wildman–Crippen MR) is 149 cm³/mol. The van der Waals surface area contributed by atoms with Crippen molar-refractivity contribution in [1.82, 2.24) is 10.2 Å². The fourth-order valence-corrected chi connectivity index (χ4v) is 4.82. The lowest BCUT2D eigenvalue weighted by molar-refractivity contribution is -0.384. The van der Waals surface area contributed by atoms with E-state index in [0.717, 1.165) is 5.57 Å². The highest BCUT2D eigenvalue weighted by Crippen LogP contribution is 2.42. The molecule has 0 spiro atoms. The number of aliphatic carboxylic acids is 1. The molecule has 1 fully saturated rings. The maximum absolute atomic E-state index is 13.5. The van der Waals surface area contributed by atoms with Gasteiger partial charge < -0.3 is 24.8 Å². The van der Waals surface area contributed by atoms with Gasteiger partial charge in [0, 0.05) is 39.1 Å². The van der Waals surface area contributed by atoms with Crippen LogP contribution in [0.5, 0.6) is 0 Å². The number of nitrogens with one attached hydrogen (secondary N) is 1. The van der Waals surface area contributed by atoms with Gasteiger partial charge in [0.05, 0.1) is 17.1 Å². The minimum Gasteiger partial charge on any atom is -0.480 e. The third-order valence-electron chi connectivity index (χ3n) is 7.15. The molecular formula is C26H36IN3O8. The van der Waals surface area contributed by atoms with Gasteiger partial charge in [-0.05, 0) is 35.0 Å². The Morgan fingerprint density at radius 1 is 1.34 bits per heavy atom. The van der Waals surface area contributed by atoms with Crippen LogP contribution in [0.4, 0.5) is 5.69 Å². The molecule has 0 aromatic heterocycles. The van der Waals surface area contributed by atoms with Crippen LogP contribution in [-0.2, 0) is 30.3 Å². The Hall–Kier alpha value is -2.58. The Bertz CT molecular complexity index is 1060. The van der Waals surface area contributed by atoms with Crippen molar-refractivity contribution in [3.8, 4) is 0 Å². The van der Waals surface area contributed by atoms with Gasteiger partial charge in [0.2, 0.25) is 5.91 Å². The minimum absolute atomic E-state index is 0.0745. The molecular weight excluding hydrogens is 609 g/mol. The van der Waals surface area contributed by atoms with Gasteiger partial charge in [0.15, 0.2) is 5.60 Å². The van der Waals surface area contributed by atoms with E-state index in [1.54, 1.807) is 14.0 Å². The summed E-state index contributed by atoms with van der Waals surface area (Å²) < 4.78 is 13.3. The van der Waals surface area contributed by atoms with Crippen molar-refractivity contribution in [2.24, 2.45) is 5.92 Å². The van der Waals surface area contributed by atoms with Crippen molar-refractivity contribution in [3.63, 3.8) is 0 Å². The lowest BCUT2D eigenvalue weighted by atomic mass is 9.93. The summed E-state index contributed by atoms with van der Waals surface area (Å²) in [6.45, 7) is 7.33. The molecule has 0 radical (unpaired) electrons. The van der Waals surface area contributed by atoms with E-state index in [2.05, 4.69) is 27.9 Å². The molecule has 0 saturated carbocycles. The number of rotatable bonds is 14. The standard InChI is InChI=1S/C26H36IN3O8/c1-7-15(2)22(29(5)25(34)26(4)21(38-26)13-20(37-6)16(3)14-27)23(31)28-19(24(32)33)12-17-8-10-18(11-9-17)30(35)36/h8-11,14-15,19-22H,7,12-13H2,1-6H3,(H,28,31)(H,32,33)/b16-14+/t15-,19+,20+,21-,22-,26+/m0/s1. The molecule has 1 aromatic rings. The first-order valence-electron chi connectivity index (χ1n) is 12.3. The number of nitrogens with zero attached hydrogens (tertiary/aromatic N) is 2. The number of benzene rings is 1. The molecule has 1 aliphatic rings. The second-order valence-electron chi connectivity index (χ2n) is 9.80. The van der Waals surface area contributed by atoms with E-state index in [0.29, 0.717) is 18.4 Å². The molecule has 1 aromatic carbocycles. The average Bonchev–Trinajstić information content (AvgIpc) is 3.56. The molecule has 1 heterocycles. The zero-order chi connectivity index (χ0) is 28.8. The topological polar surface area (TPSA) is 152 Å². The lowest BCUT2D eigenvalue weighted by Gasteiger charge is -2.33. The largest absolute Gasteiger partial charge is 0.480 e. The molecule has 2 amide bonds. The first kappa shape index (κ1) is 31.6. The number of carbonyl (C=O) groups excluding carboxylic acids is 2. The third-order valence-corrected chi connectivity index (χ3v) is 8.13. The van der Waals surface area contributed by atoms with Crippen LogP contribution >= 0.6 is 22.6 Å². The minimum atomic E-state index is -1.29. The molecule has 210 valence electrons. The number of hydrogen-bond acceptors (Lipinski definition) is 7. The van der Waals surface area contributed by atoms with Gasteiger partial charge in [0.1, 0.15) is 12.1 Å². The lowest BCUT2D eigenvalue weighted by Crippen LogP contribution is -2.57. The van der Waals surface area contributed by atoms with Crippen molar-refractivity contribution >= 4 is 46.1 Å². The normalized spacial score (nSPS) is 22.1. The highest BCUT2D eigenvalue weighted by Gasteiger charge is 2.61. The Labute approximate surface area is 236 Å². The van der Waals surface area contributed by atoms with Crippen LogP contribution in [-0.4, -0.2) is 76.8 Å². The molecule has 0 unspecified atom stereocenters. The number of halogens is 1. The molecule has 1 saturated heterocycles. The molecule has 0 aliphatic carbocycles. The summed E-state index contributed by atoms with van der Waals surface area (Å²) in [5, 5.41) is 23.2. The SMILES string of the molecule is CC[C@H](C)[C@@H](C(=O)N[C@H](Cc1ccc([N+](=O)[O-])cc1)C(=O)O)N(C)C(=O)[C@]1(C)O[C@H]1C[C@@H](OC)/C(C)=C/I. The summed E-state index contributed by atoms with van der Waals surface area (Å²) in [5.41, 5.74) is 0.288. The number of non-ortho nitro benzene ring substituents is 1. The summed E-state index contributed by atoms with van der Waals surface area (Å²) in [5.74, 6) is -2.48. The zero-order valence-corrected chi connectivity index (χ0v) is 24.6. The van der Waals surface area contributed by atoms with E-state index < -0.39 is 34.5 Å². The number of nitro benzene ring substituents is 1. The summed E-state index contributed by atoms with van der Waals surface area (Å²) in [6, 6.07) is 3.25. The van der Waals surface area contributed by atoms with Crippen LogP contribution < -0.4 is 5.32 Å². The molecule has 2 N–H and O–H groups in total. The van der Waals surface area contributed by atoms with E-state index in [1.807, 2.05) is 24.9 Å². The summed E-state index contributed by atoms with van der Waals surface area (Å²) >= 11 is 2.13. The number of nitro groups is 1. The average molecular weight is 645 g/mol. The van der Waals surface area contributed by atoms with Crippen molar-refractivity contribution < 1.29 is 33.9 Å². The quantitative estimate of drug-likeness (QED) is 0.135. The highest BCUT2D eigenvalue weighted by atomic mass is 127. The predicted octanol–water partition coefficient (Wildman–Crippen LogP) is 3.48. The van der Waals surface area contributed by atoms with E-state index in [-0.39, 0.29) is 36.1 Å². The zero-order valence-electron chi connectivity index (χ0n) is 22.5. The van der Waals surface area contributed by atoms with E-state index in [1.165, 1.54) is 36.2 Å². The fraction of sp³-hybridized carbons (Fsp3) is 0.577. The Morgan fingerprint density at radius 3 is 2.42 bits per heavy atom. The van der Waals surface area contributed by atoms with Gasteiger partial charge in [-0.1, -0.05) is 55.0 Å². The fourth-order valence-electron chi connectivity index (χ4n) is 4.42. The number of likely N-dealkylation sites (N-methyl/N-ethyl adjacent to an activating group) is 1. The maximum Gasteiger partial charge on any atom is 0.326 e. The van der Waals surface area contributed by atoms with Gasteiger partial charge in [-0.15, -0.1) is 0 Å². The molecule has 0 bridgehead atoms. The second-order valence-corrected chi connectivity index (χ2v) is 10.4. The molecule has 2 rings (SSSR count). The molecule has 12 heteroatoms. The van der Waals surface area contributed by atoms with Crippen molar-refractivity contribution in [2.45, 2.75) is 76.9 Å². The Kier molecular flexibility index (Phi) is 11.2. The van der Waals surface area contributed by atoms with Gasteiger partial charge in [-0.3, -0.25) is 19.7 Å². The third kappa shape index (κ3) is 7.50.